The van der Waals surface area contributed by atoms with Crippen LogP contribution in [0, 0.1) is 5.82 Å². The summed E-state index contributed by atoms with van der Waals surface area (Å²) < 4.78 is 41.9. The van der Waals surface area contributed by atoms with Crippen molar-refractivity contribution in [2.24, 2.45) is 0 Å². The van der Waals surface area contributed by atoms with Crippen molar-refractivity contribution in [3.05, 3.63) is 72.0 Å². The fraction of sp³-hybridized carbons (Fsp3) is 0.292. The average Bonchev–Trinajstić information content (AvgIpc) is 2.80. The second-order valence-electron chi connectivity index (χ2n) is 7.66. The van der Waals surface area contributed by atoms with Crippen molar-refractivity contribution >= 4 is 32.4 Å². The maximum atomic E-state index is 14.6. The zero-order valence-corrected chi connectivity index (χ0v) is 18.2. The van der Waals surface area contributed by atoms with E-state index >= 15 is 0 Å². The van der Waals surface area contributed by atoms with Gasteiger partial charge in [-0.15, -0.1) is 0 Å². The molecule has 0 saturated carbocycles. The summed E-state index contributed by atoms with van der Waals surface area (Å²) in [7, 11) is -3.99. The molecule has 3 aromatic carbocycles. The first-order valence-corrected chi connectivity index (χ1v) is 12.0. The van der Waals surface area contributed by atoms with Gasteiger partial charge in [-0.2, -0.15) is 4.31 Å². The van der Waals surface area contributed by atoms with Gasteiger partial charge in [-0.25, -0.2) is 12.8 Å². The van der Waals surface area contributed by atoms with E-state index in [-0.39, 0.29) is 11.5 Å². The summed E-state index contributed by atoms with van der Waals surface area (Å²) in [6.07, 6.45) is 2.47. The molecule has 7 heteroatoms. The number of hydrogen-bond acceptors (Lipinski definition) is 3. The SMILES string of the molecule is CCN(C(=O)c1ccc(F)c(S(=O)(=O)N2CCCCC2)c1)c1cccc2ccccc12. The molecule has 1 aliphatic heterocycles. The Hall–Kier alpha value is -2.77. The summed E-state index contributed by atoms with van der Waals surface area (Å²) in [6, 6.07) is 17.1. The van der Waals surface area contributed by atoms with Gasteiger partial charge in [0.2, 0.25) is 10.0 Å². The van der Waals surface area contributed by atoms with Crippen molar-refractivity contribution < 1.29 is 17.6 Å². The number of sulfonamides is 1. The molecule has 0 aromatic heterocycles. The van der Waals surface area contributed by atoms with E-state index in [1.807, 2.05) is 49.4 Å². The molecule has 1 fully saturated rings. The molecule has 4 rings (SSSR count). The van der Waals surface area contributed by atoms with E-state index in [9.17, 15) is 17.6 Å². The van der Waals surface area contributed by atoms with Crippen LogP contribution in [0.3, 0.4) is 0 Å². The molecule has 5 nitrogen and oxygen atoms in total. The Morgan fingerprint density at radius 3 is 2.45 bits per heavy atom. The van der Waals surface area contributed by atoms with Crippen LogP contribution < -0.4 is 4.90 Å². The van der Waals surface area contributed by atoms with Crippen LogP contribution in [0.4, 0.5) is 10.1 Å². The van der Waals surface area contributed by atoms with E-state index in [1.54, 1.807) is 4.90 Å². The summed E-state index contributed by atoms with van der Waals surface area (Å²) in [5.41, 5.74) is 0.877. The van der Waals surface area contributed by atoms with Crippen LogP contribution in [-0.4, -0.2) is 38.3 Å². The maximum absolute atomic E-state index is 14.6. The number of benzene rings is 3. The largest absolute Gasteiger partial charge is 0.308 e. The number of halogens is 1. The predicted octanol–water partition coefficient (Wildman–Crippen LogP) is 4.82. The lowest BCUT2D eigenvalue weighted by Gasteiger charge is -2.26. The van der Waals surface area contributed by atoms with Gasteiger partial charge in [0.05, 0.1) is 5.69 Å². The van der Waals surface area contributed by atoms with Gasteiger partial charge in [-0.1, -0.05) is 42.8 Å². The van der Waals surface area contributed by atoms with E-state index in [0.717, 1.165) is 41.8 Å². The molecule has 1 amide bonds. The molecule has 0 aliphatic carbocycles. The molecule has 0 N–H and O–H groups in total. The molecule has 0 unspecified atom stereocenters. The first kappa shape index (κ1) is 21.5. The predicted molar refractivity (Wildman–Crippen MR) is 120 cm³/mol. The molecule has 162 valence electrons. The number of carbonyl (C=O) groups is 1. The minimum Gasteiger partial charge on any atom is -0.308 e. The van der Waals surface area contributed by atoms with Crippen LogP contribution in [0.5, 0.6) is 0 Å². The monoisotopic (exact) mass is 440 g/mol. The molecule has 3 aromatic rings. The third-order valence-corrected chi connectivity index (χ3v) is 7.64. The second kappa shape index (κ2) is 8.77. The molecule has 31 heavy (non-hydrogen) atoms. The van der Waals surface area contributed by atoms with Gasteiger partial charge in [0, 0.05) is 30.6 Å². The molecular weight excluding hydrogens is 415 g/mol. The number of carbonyl (C=O) groups excluding carboxylic acids is 1. The van der Waals surface area contributed by atoms with Crippen molar-refractivity contribution in [1.82, 2.24) is 4.31 Å². The van der Waals surface area contributed by atoms with E-state index in [0.29, 0.717) is 19.6 Å². The second-order valence-corrected chi connectivity index (χ2v) is 9.56. The van der Waals surface area contributed by atoms with E-state index in [1.165, 1.54) is 16.4 Å². The Balaban J connectivity index is 1.73. The highest BCUT2D eigenvalue weighted by Crippen LogP contribution is 2.29. The molecule has 1 heterocycles. The Bertz CT molecular complexity index is 1220. The Kier molecular flexibility index (Phi) is 6.07. The highest BCUT2D eigenvalue weighted by molar-refractivity contribution is 7.89. The molecule has 1 saturated heterocycles. The minimum atomic E-state index is -3.99. The summed E-state index contributed by atoms with van der Waals surface area (Å²) in [5.74, 6) is -1.20. The molecule has 1 aliphatic rings. The average molecular weight is 441 g/mol. The Morgan fingerprint density at radius 1 is 1.00 bits per heavy atom. The van der Waals surface area contributed by atoms with Crippen molar-refractivity contribution in [3.63, 3.8) is 0 Å². The van der Waals surface area contributed by atoms with Gasteiger partial charge >= 0.3 is 0 Å². The van der Waals surface area contributed by atoms with Crippen LogP contribution >= 0.6 is 0 Å². The summed E-state index contributed by atoms with van der Waals surface area (Å²) in [6.45, 7) is 2.99. The van der Waals surface area contributed by atoms with Crippen molar-refractivity contribution in [1.29, 1.82) is 0 Å². The first-order valence-electron chi connectivity index (χ1n) is 10.5. The van der Waals surface area contributed by atoms with Crippen molar-refractivity contribution in [2.75, 3.05) is 24.5 Å². The number of amides is 1. The highest BCUT2D eigenvalue weighted by atomic mass is 32.2. The fourth-order valence-electron chi connectivity index (χ4n) is 4.10. The molecule has 0 atom stereocenters. The van der Waals surface area contributed by atoms with Crippen LogP contribution in [0.1, 0.15) is 36.5 Å². The number of hydrogen-bond donors (Lipinski definition) is 0. The summed E-state index contributed by atoms with van der Waals surface area (Å²) >= 11 is 0. The number of fused-ring (bicyclic) bond motifs is 1. The standard InChI is InChI=1S/C24H25FN2O3S/c1-2-27(22-12-8-10-18-9-4-5-11-20(18)22)24(28)19-13-14-21(25)23(17-19)31(29,30)26-15-6-3-7-16-26/h4-5,8-14,17H,2-3,6-7,15-16H2,1H3. The van der Waals surface area contributed by atoms with Crippen LogP contribution in [0.15, 0.2) is 65.6 Å². The van der Waals surface area contributed by atoms with Crippen LogP contribution in [0.25, 0.3) is 10.8 Å². The Labute approximate surface area is 182 Å². The molecule has 0 spiro atoms. The van der Waals surface area contributed by atoms with Crippen molar-refractivity contribution in [3.8, 4) is 0 Å². The van der Waals surface area contributed by atoms with Gasteiger partial charge in [0.25, 0.3) is 5.91 Å². The van der Waals surface area contributed by atoms with Gasteiger partial charge < -0.3 is 4.90 Å². The number of rotatable bonds is 5. The first-order chi connectivity index (χ1) is 14.9. The van der Waals surface area contributed by atoms with E-state index in [2.05, 4.69) is 0 Å². The van der Waals surface area contributed by atoms with Gasteiger partial charge in [0.15, 0.2) is 0 Å². The Morgan fingerprint density at radius 2 is 1.71 bits per heavy atom. The fourth-order valence-corrected chi connectivity index (χ4v) is 5.71. The number of piperidine rings is 1. The zero-order chi connectivity index (χ0) is 22.0. The number of nitrogens with zero attached hydrogens (tertiary/aromatic N) is 2. The topological polar surface area (TPSA) is 57.7 Å². The third-order valence-electron chi connectivity index (χ3n) is 5.73. The third kappa shape index (κ3) is 4.07. The maximum Gasteiger partial charge on any atom is 0.258 e. The van der Waals surface area contributed by atoms with Crippen LogP contribution in [-0.2, 0) is 10.0 Å². The quantitative estimate of drug-likeness (QED) is 0.572. The van der Waals surface area contributed by atoms with Crippen molar-refractivity contribution in [2.45, 2.75) is 31.1 Å². The van der Waals surface area contributed by atoms with E-state index in [4.69, 9.17) is 0 Å². The van der Waals surface area contributed by atoms with Gasteiger partial charge in [0.1, 0.15) is 10.7 Å². The number of anilines is 1. The zero-order valence-electron chi connectivity index (χ0n) is 17.4. The molecule has 0 bridgehead atoms. The molecular formula is C24H25FN2O3S. The summed E-state index contributed by atoms with van der Waals surface area (Å²) in [5, 5.41) is 1.92. The lowest BCUT2D eigenvalue weighted by molar-refractivity contribution is 0.0988. The lowest BCUT2D eigenvalue weighted by Crippen LogP contribution is -2.36. The normalized spacial score (nSPS) is 15.2. The van der Waals surface area contributed by atoms with Gasteiger partial charge in [-0.3, -0.25) is 4.79 Å². The van der Waals surface area contributed by atoms with Crippen LogP contribution in [0.2, 0.25) is 0 Å². The van der Waals surface area contributed by atoms with E-state index < -0.39 is 20.7 Å². The smallest absolute Gasteiger partial charge is 0.258 e. The highest BCUT2D eigenvalue weighted by Gasteiger charge is 2.30. The lowest BCUT2D eigenvalue weighted by atomic mass is 10.1. The summed E-state index contributed by atoms with van der Waals surface area (Å²) in [4.78, 5) is 14.5. The minimum absolute atomic E-state index is 0.145. The molecule has 0 radical (unpaired) electrons. The van der Waals surface area contributed by atoms with Gasteiger partial charge in [-0.05, 0) is 49.4 Å².